The first-order valence-corrected chi connectivity index (χ1v) is 7.77. The summed E-state index contributed by atoms with van der Waals surface area (Å²) in [6, 6.07) is 8.11. The van der Waals surface area contributed by atoms with Crippen LogP contribution in [-0.4, -0.2) is 35.9 Å². The molecule has 1 atom stereocenters. The van der Waals surface area contributed by atoms with E-state index in [1.165, 1.54) is 17.7 Å². The quantitative estimate of drug-likeness (QED) is 0.455. The molecule has 5 heteroatoms. The summed E-state index contributed by atoms with van der Waals surface area (Å²) < 4.78 is 0. The van der Waals surface area contributed by atoms with Gasteiger partial charge in [-0.05, 0) is 50.1 Å². The summed E-state index contributed by atoms with van der Waals surface area (Å²) in [5.41, 5.74) is 3.92. The van der Waals surface area contributed by atoms with Gasteiger partial charge in [-0.25, -0.2) is 5.84 Å². The van der Waals surface area contributed by atoms with Gasteiger partial charge in [0.05, 0.1) is 0 Å². The van der Waals surface area contributed by atoms with Crippen LogP contribution in [0.15, 0.2) is 24.3 Å². The van der Waals surface area contributed by atoms with Gasteiger partial charge in [-0.1, -0.05) is 12.1 Å². The number of nitrogens with one attached hydrogen (secondary N) is 1. The third kappa shape index (κ3) is 5.22. The summed E-state index contributed by atoms with van der Waals surface area (Å²) >= 11 is 1.88. The predicted octanol–water partition coefficient (Wildman–Crippen LogP) is 1.86. The van der Waals surface area contributed by atoms with Crippen LogP contribution in [-0.2, 0) is 6.54 Å². The zero-order valence-electron chi connectivity index (χ0n) is 11.8. The van der Waals surface area contributed by atoms with Crippen LogP contribution in [0, 0.1) is 0 Å². The number of amides is 1. The fourth-order valence-corrected chi connectivity index (χ4v) is 2.37. The average Bonchev–Trinajstić information content (AvgIpc) is 2.44. The normalized spacial score (nSPS) is 12.5. The van der Waals surface area contributed by atoms with Crippen molar-refractivity contribution in [3.63, 3.8) is 0 Å². The number of hydrogen-bond donors (Lipinski definition) is 2. The molecule has 106 valence electrons. The highest BCUT2D eigenvalue weighted by atomic mass is 32.2. The minimum absolute atomic E-state index is 0.256. The van der Waals surface area contributed by atoms with Crippen molar-refractivity contribution >= 4 is 17.7 Å². The van der Waals surface area contributed by atoms with Gasteiger partial charge in [0.2, 0.25) is 0 Å². The molecule has 0 aromatic heterocycles. The Hall–Kier alpha value is -1.04. The van der Waals surface area contributed by atoms with Crippen LogP contribution in [0.2, 0.25) is 0 Å². The number of benzene rings is 1. The van der Waals surface area contributed by atoms with Gasteiger partial charge in [-0.15, -0.1) is 0 Å². The van der Waals surface area contributed by atoms with E-state index in [1.54, 1.807) is 12.1 Å². The third-order valence-electron chi connectivity index (χ3n) is 3.27. The number of carbonyl (C=O) groups excluding carboxylic acids is 1. The first kappa shape index (κ1) is 16.0. The average molecular weight is 281 g/mol. The molecule has 0 radical (unpaired) electrons. The van der Waals surface area contributed by atoms with Gasteiger partial charge in [0.25, 0.3) is 5.91 Å². The Morgan fingerprint density at radius 1 is 1.42 bits per heavy atom. The molecule has 4 nitrogen and oxygen atoms in total. The number of rotatable bonds is 7. The van der Waals surface area contributed by atoms with E-state index in [4.69, 9.17) is 5.84 Å². The molecule has 1 unspecified atom stereocenters. The maximum absolute atomic E-state index is 11.3. The van der Waals surface area contributed by atoms with E-state index in [9.17, 15) is 4.79 Å². The molecule has 0 saturated heterocycles. The monoisotopic (exact) mass is 281 g/mol. The van der Waals surface area contributed by atoms with Crippen molar-refractivity contribution in [3.05, 3.63) is 35.4 Å². The molecule has 0 spiro atoms. The van der Waals surface area contributed by atoms with Crippen molar-refractivity contribution in [2.75, 3.05) is 19.1 Å². The zero-order chi connectivity index (χ0) is 14.3. The molecule has 1 aromatic rings. The second-order valence-corrected chi connectivity index (χ2v) is 5.70. The van der Waals surface area contributed by atoms with Gasteiger partial charge >= 0.3 is 0 Å². The Kier molecular flexibility index (Phi) is 6.91. The Morgan fingerprint density at radius 3 is 2.58 bits per heavy atom. The number of nitrogens with zero attached hydrogens (tertiary/aromatic N) is 1. The largest absolute Gasteiger partial charge is 0.299 e. The highest BCUT2D eigenvalue weighted by Gasteiger charge is 2.09. The van der Waals surface area contributed by atoms with E-state index in [-0.39, 0.29) is 5.91 Å². The highest BCUT2D eigenvalue weighted by molar-refractivity contribution is 7.98. The van der Waals surface area contributed by atoms with E-state index in [1.807, 2.05) is 23.9 Å². The fourth-order valence-electron chi connectivity index (χ4n) is 1.80. The Labute approximate surface area is 119 Å². The molecule has 19 heavy (non-hydrogen) atoms. The van der Waals surface area contributed by atoms with Crippen molar-refractivity contribution in [1.29, 1.82) is 0 Å². The molecule has 0 aliphatic carbocycles. The lowest BCUT2D eigenvalue weighted by atomic mass is 10.1. The van der Waals surface area contributed by atoms with Crippen LogP contribution in [0.25, 0.3) is 0 Å². The van der Waals surface area contributed by atoms with E-state index in [2.05, 4.69) is 30.6 Å². The maximum atomic E-state index is 11.3. The molecular weight excluding hydrogens is 258 g/mol. The Bertz CT molecular complexity index is 394. The van der Waals surface area contributed by atoms with E-state index in [0.717, 1.165) is 6.54 Å². The summed E-state index contributed by atoms with van der Waals surface area (Å²) in [5.74, 6) is 6.02. The molecule has 1 amide bonds. The SMILES string of the molecule is CSCCC(C)N(C)Cc1ccc(C(=O)NN)cc1. The molecule has 0 bridgehead atoms. The molecule has 0 aliphatic rings. The fraction of sp³-hybridized carbons (Fsp3) is 0.500. The molecule has 0 aliphatic heterocycles. The molecule has 0 saturated carbocycles. The number of hydrazine groups is 1. The minimum atomic E-state index is -0.256. The lowest BCUT2D eigenvalue weighted by Crippen LogP contribution is -2.30. The van der Waals surface area contributed by atoms with Crippen LogP contribution in [0.3, 0.4) is 0 Å². The van der Waals surface area contributed by atoms with Gasteiger partial charge in [-0.2, -0.15) is 11.8 Å². The highest BCUT2D eigenvalue weighted by Crippen LogP contribution is 2.11. The standard InChI is InChI=1S/C14H23N3OS/c1-11(8-9-19-3)17(2)10-12-4-6-13(7-5-12)14(18)16-15/h4-7,11H,8-10,15H2,1-3H3,(H,16,18). The van der Waals surface area contributed by atoms with E-state index >= 15 is 0 Å². The van der Waals surface area contributed by atoms with Crippen LogP contribution in [0.4, 0.5) is 0 Å². The van der Waals surface area contributed by atoms with Crippen molar-refractivity contribution in [2.45, 2.75) is 25.9 Å². The van der Waals surface area contributed by atoms with Crippen molar-refractivity contribution in [3.8, 4) is 0 Å². The smallest absolute Gasteiger partial charge is 0.265 e. The second-order valence-electron chi connectivity index (χ2n) is 4.72. The van der Waals surface area contributed by atoms with Crippen LogP contribution in [0.5, 0.6) is 0 Å². The van der Waals surface area contributed by atoms with Gasteiger partial charge in [-0.3, -0.25) is 15.1 Å². The number of thioether (sulfide) groups is 1. The van der Waals surface area contributed by atoms with Gasteiger partial charge in [0.15, 0.2) is 0 Å². The van der Waals surface area contributed by atoms with Gasteiger partial charge in [0.1, 0.15) is 0 Å². The summed E-state index contributed by atoms with van der Waals surface area (Å²) in [6.45, 7) is 3.13. The molecule has 0 fully saturated rings. The number of hydrogen-bond acceptors (Lipinski definition) is 4. The molecule has 1 aromatic carbocycles. The summed E-state index contributed by atoms with van der Waals surface area (Å²) in [4.78, 5) is 13.7. The van der Waals surface area contributed by atoms with Crippen molar-refractivity contribution < 1.29 is 4.79 Å². The minimum Gasteiger partial charge on any atom is -0.299 e. The third-order valence-corrected chi connectivity index (χ3v) is 3.92. The van der Waals surface area contributed by atoms with Crippen molar-refractivity contribution in [1.82, 2.24) is 10.3 Å². The Morgan fingerprint density at radius 2 is 2.05 bits per heavy atom. The number of nitrogen functional groups attached to an aromatic ring is 1. The van der Waals surface area contributed by atoms with Crippen LogP contribution < -0.4 is 11.3 Å². The first-order chi connectivity index (χ1) is 9.08. The number of carbonyl (C=O) groups is 1. The van der Waals surface area contributed by atoms with E-state index in [0.29, 0.717) is 11.6 Å². The summed E-state index contributed by atoms with van der Waals surface area (Å²) in [5, 5.41) is 0. The lowest BCUT2D eigenvalue weighted by molar-refractivity contribution is 0.0953. The van der Waals surface area contributed by atoms with E-state index < -0.39 is 0 Å². The van der Waals surface area contributed by atoms with Crippen LogP contribution in [0.1, 0.15) is 29.3 Å². The molecule has 1 rings (SSSR count). The Balaban J connectivity index is 2.55. The predicted molar refractivity (Wildman–Crippen MR) is 82.0 cm³/mol. The lowest BCUT2D eigenvalue weighted by Gasteiger charge is -2.24. The second kappa shape index (κ2) is 8.19. The maximum Gasteiger partial charge on any atom is 0.265 e. The first-order valence-electron chi connectivity index (χ1n) is 6.37. The zero-order valence-corrected chi connectivity index (χ0v) is 12.7. The van der Waals surface area contributed by atoms with Gasteiger partial charge < -0.3 is 0 Å². The summed E-state index contributed by atoms with van der Waals surface area (Å²) in [7, 11) is 2.13. The number of nitrogens with two attached hydrogens (primary N) is 1. The summed E-state index contributed by atoms with van der Waals surface area (Å²) in [6.07, 6.45) is 3.32. The van der Waals surface area contributed by atoms with Gasteiger partial charge in [0, 0.05) is 18.2 Å². The molecular formula is C14H23N3OS. The molecule has 0 heterocycles. The topological polar surface area (TPSA) is 58.4 Å². The molecule has 3 N–H and O–H groups in total. The van der Waals surface area contributed by atoms with Crippen molar-refractivity contribution in [2.24, 2.45) is 5.84 Å². The van der Waals surface area contributed by atoms with Crippen LogP contribution >= 0.6 is 11.8 Å².